The van der Waals surface area contributed by atoms with Gasteiger partial charge in [0.15, 0.2) is 11.5 Å². The van der Waals surface area contributed by atoms with Crippen molar-refractivity contribution in [2.45, 2.75) is 25.5 Å². The van der Waals surface area contributed by atoms with Crippen molar-refractivity contribution in [1.82, 2.24) is 10.2 Å². The summed E-state index contributed by atoms with van der Waals surface area (Å²) >= 11 is 0. The Morgan fingerprint density at radius 2 is 1.87 bits per heavy atom. The molecule has 1 heterocycles. The molecule has 1 saturated heterocycles. The van der Waals surface area contributed by atoms with Crippen LogP contribution in [0.15, 0.2) is 54.6 Å². The summed E-state index contributed by atoms with van der Waals surface area (Å²) in [7, 11) is 1.37. The van der Waals surface area contributed by atoms with Gasteiger partial charge in [-0.05, 0) is 43.6 Å². The average Bonchev–Trinajstić information content (AvgIpc) is 3.28. The molecule has 2 aromatic rings. The minimum Gasteiger partial charge on any atom is -0.493 e. The van der Waals surface area contributed by atoms with Crippen molar-refractivity contribution < 1.29 is 23.0 Å². The molecule has 3 rings (SSSR count). The SMILES string of the molecule is COc1cccc(/C=C/C(=O)NCC(c2ccccc2)N2CCCC2)c1OC(F)F. The Bertz CT molecular complexity index is 853. The normalized spacial score (nSPS) is 15.5. The molecule has 30 heavy (non-hydrogen) atoms. The largest absolute Gasteiger partial charge is 0.493 e. The molecule has 0 aliphatic carbocycles. The third kappa shape index (κ3) is 5.79. The van der Waals surface area contributed by atoms with Crippen LogP contribution in [-0.2, 0) is 4.79 Å². The second kappa shape index (κ2) is 10.7. The summed E-state index contributed by atoms with van der Waals surface area (Å²) in [6.45, 7) is -0.521. The van der Waals surface area contributed by atoms with Crippen LogP contribution in [0.5, 0.6) is 11.5 Å². The number of hydrogen-bond acceptors (Lipinski definition) is 4. The molecule has 7 heteroatoms. The molecule has 1 aliphatic heterocycles. The van der Waals surface area contributed by atoms with Crippen molar-refractivity contribution in [3.8, 4) is 11.5 Å². The molecule has 0 saturated carbocycles. The zero-order valence-electron chi connectivity index (χ0n) is 16.9. The van der Waals surface area contributed by atoms with Crippen LogP contribution in [0.1, 0.15) is 30.0 Å². The molecule has 2 aromatic carbocycles. The fraction of sp³-hybridized carbons (Fsp3) is 0.348. The van der Waals surface area contributed by atoms with Gasteiger partial charge in [-0.15, -0.1) is 0 Å². The monoisotopic (exact) mass is 416 g/mol. The van der Waals surface area contributed by atoms with Gasteiger partial charge in [0.05, 0.1) is 13.2 Å². The number of methoxy groups -OCH3 is 1. The van der Waals surface area contributed by atoms with Crippen LogP contribution in [0, 0.1) is 0 Å². The van der Waals surface area contributed by atoms with E-state index in [9.17, 15) is 13.6 Å². The zero-order valence-corrected chi connectivity index (χ0v) is 16.9. The Labute approximate surface area is 175 Å². The lowest BCUT2D eigenvalue weighted by molar-refractivity contribution is -0.116. The minimum absolute atomic E-state index is 0.0978. The number of amides is 1. The number of rotatable bonds is 9. The summed E-state index contributed by atoms with van der Waals surface area (Å²) < 4.78 is 35.2. The van der Waals surface area contributed by atoms with Gasteiger partial charge in [-0.1, -0.05) is 42.5 Å². The van der Waals surface area contributed by atoms with Crippen LogP contribution in [0.4, 0.5) is 8.78 Å². The van der Waals surface area contributed by atoms with Gasteiger partial charge in [0, 0.05) is 18.2 Å². The molecule has 1 aliphatic rings. The molecular formula is C23H26F2N2O3. The van der Waals surface area contributed by atoms with E-state index in [1.165, 1.54) is 25.3 Å². The van der Waals surface area contributed by atoms with Gasteiger partial charge >= 0.3 is 6.61 Å². The number of hydrogen-bond donors (Lipinski definition) is 1. The highest BCUT2D eigenvalue weighted by Gasteiger charge is 2.23. The highest BCUT2D eigenvalue weighted by molar-refractivity contribution is 5.92. The maximum atomic E-state index is 12.7. The first-order chi connectivity index (χ1) is 14.6. The van der Waals surface area contributed by atoms with Crippen molar-refractivity contribution in [3.05, 3.63) is 65.7 Å². The van der Waals surface area contributed by atoms with E-state index in [0.29, 0.717) is 12.1 Å². The number of likely N-dealkylation sites (tertiary alicyclic amines) is 1. The zero-order chi connectivity index (χ0) is 21.3. The first-order valence-electron chi connectivity index (χ1n) is 9.95. The molecule has 1 atom stereocenters. The summed E-state index contributed by atoms with van der Waals surface area (Å²) in [4.78, 5) is 14.8. The number of benzene rings is 2. The Morgan fingerprint density at radius 3 is 2.53 bits per heavy atom. The summed E-state index contributed by atoms with van der Waals surface area (Å²) in [6, 6.07) is 14.9. The van der Waals surface area contributed by atoms with E-state index >= 15 is 0 Å². The number of para-hydroxylation sites is 1. The molecule has 1 unspecified atom stereocenters. The van der Waals surface area contributed by atoms with Crippen LogP contribution in [0.3, 0.4) is 0 Å². The Balaban J connectivity index is 1.68. The van der Waals surface area contributed by atoms with Crippen LogP contribution in [-0.4, -0.2) is 44.2 Å². The maximum absolute atomic E-state index is 12.7. The number of alkyl halides is 2. The van der Waals surface area contributed by atoms with Crippen LogP contribution in [0.25, 0.3) is 6.08 Å². The molecule has 1 amide bonds. The molecule has 0 aromatic heterocycles. The highest BCUT2D eigenvalue weighted by atomic mass is 19.3. The topological polar surface area (TPSA) is 50.8 Å². The number of ether oxygens (including phenoxy) is 2. The van der Waals surface area contributed by atoms with Crippen molar-refractivity contribution in [1.29, 1.82) is 0 Å². The van der Waals surface area contributed by atoms with Gasteiger partial charge in [-0.2, -0.15) is 8.78 Å². The first-order valence-corrected chi connectivity index (χ1v) is 9.95. The Hall–Kier alpha value is -2.93. The van der Waals surface area contributed by atoms with Crippen LogP contribution >= 0.6 is 0 Å². The predicted molar refractivity (Wildman–Crippen MR) is 112 cm³/mol. The number of carbonyl (C=O) groups excluding carboxylic acids is 1. The molecule has 5 nitrogen and oxygen atoms in total. The van der Waals surface area contributed by atoms with Gasteiger partial charge in [0.1, 0.15) is 0 Å². The number of nitrogens with one attached hydrogen (secondary N) is 1. The summed E-state index contributed by atoms with van der Waals surface area (Å²) in [5.41, 5.74) is 1.49. The molecule has 0 bridgehead atoms. The quantitative estimate of drug-likeness (QED) is 0.621. The van der Waals surface area contributed by atoms with E-state index in [4.69, 9.17) is 4.74 Å². The predicted octanol–water partition coefficient (Wildman–Crippen LogP) is 4.26. The maximum Gasteiger partial charge on any atom is 0.387 e. The fourth-order valence-corrected chi connectivity index (χ4v) is 3.65. The van der Waals surface area contributed by atoms with Crippen molar-refractivity contribution in [2.24, 2.45) is 0 Å². The number of carbonyl (C=O) groups is 1. The lowest BCUT2D eigenvalue weighted by atomic mass is 10.1. The van der Waals surface area contributed by atoms with Gasteiger partial charge in [-0.3, -0.25) is 9.69 Å². The van der Waals surface area contributed by atoms with Crippen LogP contribution in [0.2, 0.25) is 0 Å². The van der Waals surface area contributed by atoms with Crippen molar-refractivity contribution in [2.75, 3.05) is 26.7 Å². The van der Waals surface area contributed by atoms with E-state index in [-0.39, 0.29) is 23.4 Å². The Kier molecular flexibility index (Phi) is 7.79. The summed E-state index contributed by atoms with van der Waals surface area (Å²) in [5, 5.41) is 2.93. The smallest absolute Gasteiger partial charge is 0.387 e. The second-order valence-electron chi connectivity index (χ2n) is 7.01. The summed E-state index contributed by atoms with van der Waals surface area (Å²) in [5.74, 6) is -0.227. The van der Waals surface area contributed by atoms with Crippen molar-refractivity contribution in [3.63, 3.8) is 0 Å². The lowest BCUT2D eigenvalue weighted by Crippen LogP contribution is -2.36. The minimum atomic E-state index is -2.99. The van der Waals surface area contributed by atoms with E-state index in [2.05, 4.69) is 27.1 Å². The standard InChI is InChI=1S/C23H26F2N2O3/c1-29-20-11-7-10-18(22(20)30-23(24)25)12-13-21(28)26-16-19(27-14-5-6-15-27)17-8-3-2-4-9-17/h2-4,7-13,19,23H,5-6,14-16H2,1H3,(H,26,28)/b13-12+. The van der Waals surface area contributed by atoms with E-state index in [0.717, 1.165) is 31.5 Å². The number of halogens is 2. The molecule has 0 radical (unpaired) electrons. The first kappa shape index (κ1) is 21.8. The molecule has 1 fully saturated rings. The van der Waals surface area contributed by atoms with Gasteiger partial charge in [0.2, 0.25) is 5.91 Å². The third-order valence-electron chi connectivity index (χ3n) is 5.09. The average molecular weight is 416 g/mol. The Morgan fingerprint density at radius 1 is 1.13 bits per heavy atom. The third-order valence-corrected chi connectivity index (χ3v) is 5.09. The number of nitrogens with zero attached hydrogens (tertiary/aromatic N) is 1. The second-order valence-corrected chi connectivity index (χ2v) is 7.01. The van der Waals surface area contributed by atoms with Gasteiger partial charge in [0.25, 0.3) is 0 Å². The van der Waals surface area contributed by atoms with Crippen molar-refractivity contribution >= 4 is 12.0 Å². The van der Waals surface area contributed by atoms with E-state index in [1.54, 1.807) is 12.1 Å². The lowest BCUT2D eigenvalue weighted by Gasteiger charge is -2.28. The molecular weight excluding hydrogens is 390 g/mol. The van der Waals surface area contributed by atoms with E-state index < -0.39 is 6.61 Å². The fourth-order valence-electron chi connectivity index (χ4n) is 3.65. The highest BCUT2D eigenvalue weighted by Crippen LogP contribution is 2.33. The van der Waals surface area contributed by atoms with Gasteiger partial charge in [-0.25, -0.2) is 0 Å². The van der Waals surface area contributed by atoms with Crippen LogP contribution < -0.4 is 14.8 Å². The molecule has 0 spiro atoms. The molecule has 160 valence electrons. The summed E-state index contributed by atoms with van der Waals surface area (Å²) in [6.07, 6.45) is 5.07. The van der Waals surface area contributed by atoms with Gasteiger partial charge < -0.3 is 14.8 Å². The van der Waals surface area contributed by atoms with E-state index in [1.807, 2.05) is 18.2 Å². The molecule has 1 N–H and O–H groups in total.